The summed E-state index contributed by atoms with van der Waals surface area (Å²) in [6.45, 7) is 11.2. The van der Waals surface area contributed by atoms with Gasteiger partial charge in [-0.1, -0.05) is 18.6 Å². The average Bonchev–Trinajstić information content (AvgIpc) is 2.98. The molecule has 20 heavy (non-hydrogen) atoms. The molecule has 4 heteroatoms. The van der Waals surface area contributed by atoms with Crippen LogP contribution >= 0.6 is 11.3 Å². The van der Waals surface area contributed by atoms with Crippen LogP contribution in [-0.2, 0) is 0 Å². The van der Waals surface area contributed by atoms with E-state index in [1.165, 1.54) is 36.5 Å². The normalized spacial score (nSPS) is 18.9. The molecule has 1 unspecified atom stereocenters. The molecule has 1 aliphatic rings. The molecule has 0 aliphatic carbocycles. The van der Waals surface area contributed by atoms with Crippen molar-refractivity contribution in [3.63, 3.8) is 0 Å². The van der Waals surface area contributed by atoms with Crippen LogP contribution in [0.25, 0.3) is 0 Å². The first-order valence-corrected chi connectivity index (χ1v) is 8.51. The molecule has 1 saturated heterocycles. The van der Waals surface area contributed by atoms with Crippen LogP contribution in [0.2, 0.25) is 0 Å². The van der Waals surface area contributed by atoms with E-state index < -0.39 is 0 Å². The smallest absolute Gasteiger partial charge is 0.0965 e. The Morgan fingerprint density at radius 2 is 2.25 bits per heavy atom. The van der Waals surface area contributed by atoms with Crippen LogP contribution in [0.1, 0.15) is 44.5 Å². The van der Waals surface area contributed by atoms with Crippen molar-refractivity contribution in [1.29, 1.82) is 0 Å². The molecule has 1 atom stereocenters. The SMILES string of the molecule is CC(C)=CCN1CCC(NCC(C)c2nccs2)CC1. The van der Waals surface area contributed by atoms with E-state index in [-0.39, 0.29) is 0 Å². The lowest BCUT2D eigenvalue weighted by atomic mass is 10.0. The van der Waals surface area contributed by atoms with E-state index in [2.05, 4.69) is 47.4 Å². The molecule has 0 amide bonds. The van der Waals surface area contributed by atoms with Gasteiger partial charge in [-0.05, 0) is 39.8 Å². The first kappa shape index (κ1) is 15.7. The van der Waals surface area contributed by atoms with Crippen molar-refractivity contribution in [2.45, 2.75) is 45.6 Å². The Hall–Kier alpha value is -0.710. The molecule has 0 aromatic carbocycles. The summed E-state index contributed by atoms with van der Waals surface area (Å²) in [5, 5.41) is 7.03. The predicted molar refractivity (Wildman–Crippen MR) is 87.4 cm³/mol. The van der Waals surface area contributed by atoms with Gasteiger partial charge in [0, 0.05) is 36.6 Å². The van der Waals surface area contributed by atoms with E-state index >= 15 is 0 Å². The number of hydrogen-bond donors (Lipinski definition) is 1. The Morgan fingerprint density at radius 1 is 1.50 bits per heavy atom. The van der Waals surface area contributed by atoms with Crippen LogP contribution in [0.5, 0.6) is 0 Å². The Morgan fingerprint density at radius 3 is 2.85 bits per heavy atom. The van der Waals surface area contributed by atoms with Gasteiger partial charge in [0.25, 0.3) is 0 Å². The highest BCUT2D eigenvalue weighted by Gasteiger charge is 2.19. The molecule has 0 spiro atoms. The van der Waals surface area contributed by atoms with Crippen molar-refractivity contribution in [2.24, 2.45) is 0 Å². The summed E-state index contributed by atoms with van der Waals surface area (Å²) in [6.07, 6.45) is 6.76. The lowest BCUT2D eigenvalue weighted by Gasteiger charge is -2.32. The lowest BCUT2D eigenvalue weighted by Crippen LogP contribution is -2.43. The minimum Gasteiger partial charge on any atom is -0.313 e. The van der Waals surface area contributed by atoms with Gasteiger partial charge in [-0.25, -0.2) is 4.98 Å². The molecule has 1 aromatic rings. The molecule has 112 valence electrons. The summed E-state index contributed by atoms with van der Waals surface area (Å²) < 4.78 is 0. The van der Waals surface area contributed by atoms with Crippen molar-refractivity contribution in [2.75, 3.05) is 26.2 Å². The van der Waals surface area contributed by atoms with Crippen molar-refractivity contribution >= 4 is 11.3 Å². The molecule has 1 aliphatic heterocycles. The molecular weight excluding hydrogens is 266 g/mol. The maximum absolute atomic E-state index is 4.40. The van der Waals surface area contributed by atoms with Gasteiger partial charge in [-0.3, -0.25) is 4.90 Å². The minimum absolute atomic E-state index is 0.527. The summed E-state index contributed by atoms with van der Waals surface area (Å²) in [4.78, 5) is 6.95. The predicted octanol–water partition coefficient (Wildman–Crippen LogP) is 3.27. The van der Waals surface area contributed by atoms with Crippen molar-refractivity contribution in [1.82, 2.24) is 15.2 Å². The van der Waals surface area contributed by atoms with E-state index in [1.54, 1.807) is 11.3 Å². The topological polar surface area (TPSA) is 28.2 Å². The van der Waals surface area contributed by atoms with Crippen LogP contribution in [0, 0.1) is 0 Å². The Bertz CT molecular complexity index is 401. The third-order valence-corrected chi connectivity index (χ3v) is 4.94. The molecule has 2 heterocycles. The summed E-state index contributed by atoms with van der Waals surface area (Å²) in [7, 11) is 0. The highest BCUT2D eigenvalue weighted by Crippen LogP contribution is 2.18. The third-order valence-electron chi connectivity index (χ3n) is 3.93. The van der Waals surface area contributed by atoms with Crippen LogP contribution < -0.4 is 5.32 Å². The van der Waals surface area contributed by atoms with Crippen LogP contribution in [0.15, 0.2) is 23.2 Å². The van der Waals surface area contributed by atoms with Crippen molar-refractivity contribution in [3.05, 3.63) is 28.2 Å². The van der Waals surface area contributed by atoms with E-state index in [4.69, 9.17) is 0 Å². The summed E-state index contributed by atoms with van der Waals surface area (Å²) in [5.74, 6) is 0.527. The second-order valence-electron chi connectivity index (χ2n) is 6.04. The number of aromatic nitrogens is 1. The van der Waals surface area contributed by atoms with Crippen molar-refractivity contribution in [3.8, 4) is 0 Å². The van der Waals surface area contributed by atoms with Gasteiger partial charge in [0.1, 0.15) is 0 Å². The number of likely N-dealkylation sites (tertiary alicyclic amines) is 1. The van der Waals surface area contributed by atoms with Gasteiger partial charge in [-0.15, -0.1) is 11.3 Å². The molecule has 1 N–H and O–H groups in total. The summed E-state index contributed by atoms with van der Waals surface area (Å²) in [6, 6.07) is 0.681. The molecule has 2 rings (SSSR count). The zero-order valence-corrected chi connectivity index (χ0v) is 13.7. The molecule has 0 bridgehead atoms. The van der Waals surface area contributed by atoms with Crippen LogP contribution in [0.4, 0.5) is 0 Å². The number of piperidine rings is 1. The fourth-order valence-corrected chi connectivity index (χ4v) is 3.24. The molecule has 0 radical (unpaired) electrons. The number of nitrogens with one attached hydrogen (secondary N) is 1. The lowest BCUT2D eigenvalue weighted by molar-refractivity contribution is 0.214. The van der Waals surface area contributed by atoms with Gasteiger partial charge in [0.2, 0.25) is 0 Å². The molecule has 1 fully saturated rings. The van der Waals surface area contributed by atoms with Gasteiger partial charge >= 0.3 is 0 Å². The first-order chi connectivity index (χ1) is 9.65. The molecule has 0 saturated carbocycles. The quantitative estimate of drug-likeness (QED) is 0.816. The van der Waals surface area contributed by atoms with Gasteiger partial charge in [-0.2, -0.15) is 0 Å². The monoisotopic (exact) mass is 293 g/mol. The van der Waals surface area contributed by atoms with Gasteiger partial charge < -0.3 is 5.32 Å². The largest absolute Gasteiger partial charge is 0.313 e. The molecule has 3 nitrogen and oxygen atoms in total. The Labute approximate surface area is 127 Å². The zero-order chi connectivity index (χ0) is 14.4. The number of thiazole rings is 1. The maximum Gasteiger partial charge on any atom is 0.0965 e. The van der Waals surface area contributed by atoms with E-state index in [0.717, 1.165) is 13.1 Å². The first-order valence-electron chi connectivity index (χ1n) is 7.63. The van der Waals surface area contributed by atoms with E-state index in [9.17, 15) is 0 Å². The highest BCUT2D eigenvalue weighted by atomic mass is 32.1. The number of rotatable bonds is 6. The zero-order valence-electron chi connectivity index (χ0n) is 12.9. The molecular formula is C16H27N3S. The number of nitrogens with zero attached hydrogens (tertiary/aromatic N) is 2. The average molecular weight is 293 g/mol. The van der Waals surface area contributed by atoms with E-state index in [1.807, 2.05) is 6.20 Å². The van der Waals surface area contributed by atoms with E-state index in [0.29, 0.717) is 12.0 Å². The second-order valence-corrected chi connectivity index (χ2v) is 6.96. The minimum atomic E-state index is 0.527. The Kier molecular flexibility index (Phi) is 6.20. The van der Waals surface area contributed by atoms with Crippen molar-refractivity contribution < 1.29 is 0 Å². The third kappa shape index (κ3) is 5.00. The fraction of sp³-hybridized carbons (Fsp3) is 0.688. The second kappa shape index (κ2) is 7.91. The summed E-state index contributed by atoms with van der Waals surface area (Å²) in [5.41, 5.74) is 1.42. The van der Waals surface area contributed by atoms with Gasteiger partial charge in [0.05, 0.1) is 5.01 Å². The van der Waals surface area contributed by atoms with Crippen LogP contribution in [0.3, 0.4) is 0 Å². The summed E-state index contributed by atoms with van der Waals surface area (Å²) >= 11 is 1.76. The van der Waals surface area contributed by atoms with Crippen LogP contribution in [-0.4, -0.2) is 42.1 Å². The highest BCUT2D eigenvalue weighted by molar-refractivity contribution is 7.09. The maximum atomic E-state index is 4.40. The standard InChI is InChI=1S/C16H27N3S/c1-13(2)4-8-19-9-5-15(6-10-19)18-12-14(3)16-17-7-11-20-16/h4,7,11,14-15,18H,5-6,8-10,12H2,1-3H3. The number of hydrogen-bond acceptors (Lipinski definition) is 4. The number of allylic oxidation sites excluding steroid dienone is 1. The molecule has 1 aromatic heterocycles. The van der Waals surface area contributed by atoms with Gasteiger partial charge in [0.15, 0.2) is 0 Å². The fourth-order valence-electron chi connectivity index (χ4n) is 2.54. The Balaban J connectivity index is 1.66.